The molecule has 0 spiro atoms. The van der Waals surface area contributed by atoms with Crippen LogP contribution in [-0.2, 0) is 17.5 Å². The Morgan fingerprint density at radius 1 is 1.07 bits per heavy atom. The molecule has 2 aromatic rings. The zero-order valence-corrected chi connectivity index (χ0v) is 15.0. The summed E-state index contributed by atoms with van der Waals surface area (Å²) in [6.07, 6.45) is -2.98. The number of rotatable bonds is 5. The number of carbonyl (C=O) groups excluding carboxylic acids is 2. The summed E-state index contributed by atoms with van der Waals surface area (Å²) in [6, 6.07) is 8.36. The third kappa shape index (κ3) is 5.13. The zero-order valence-electron chi connectivity index (χ0n) is 15.0. The molecule has 28 heavy (non-hydrogen) atoms. The molecule has 1 fully saturated rings. The average molecular weight is 395 g/mol. The number of hydrogen-bond acceptors (Lipinski definition) is 4. The van der Waals surface area contributed by atoms with Crippen molar-refractivity contribution in [2.75, 3.05) is 32.7 Å². The molecule has 3 rings (SSSR count). The van der Waals surface area contributed by atoms with Gasteiger partial charge in [-0.1, -0.05) is 18.2 Å². The van der Waals surface area contributed by atoms with E-state index in [1.165, 1.54) is 18.4 Å². The SMILES string of the molecule is O=C(NCC(=O)N1CCN(Cc2cccc(C(F)(F)F)c2)CC1)c1ccco1. The van der Waals surface area contributed by atoms with Crippen LogP contribution in [0, 0.1) is 0 Å². The molecule has 0 aliphatic carbocycles. The molecule has 1 aliphatic heterocycles. The lowest BCUT2D eigenvalue weighted by molar-refractivity contribution is -0.137. The minimum absolute atomic E-state index is 0.132. The topological polar surface area (TPSA) is 65.8 Å². The first-order valence-electron chi connectivity index (χ1n) is 8.81. The quantitative estimate of drug-likeness (QED) is 0.844. The van der Waals surface area contributed by atoms with Crippen LogP contribution in [0.3, 0.4) is 0 Å². The number of furan rings is 1. The normalized spacial score (nSPS) is 15.5. The Hall–Kier alpha value is -2.81. The fraction of sp³-hybridized carbons (Fsp3) is 0.368. The highest BCUT2D eigenvalue weighted by molar-refractivity contribution is 5.94. The molecule has 1 saturated heterocycles. The Kier molecular flexibility index (Phi) is 6.03. The van der Waals surface area contributed by atoms with Crippen LogP contribution in [0.25, 0.3) is 0 Å². The molecule has 0 radical (unpaired) electrons. The Balaban J connectivity index is 1.45. The highest BCUT2D eigenvalue weighted by atomic mass is 19.4. The maximum Gasteiger partial charge on any atom is 0.416 e. The smallest absolute Gasteiger partial charge is 0.416 e. The van der Waals surface area contributed by atoms with E-state index in [4.69, 9.17) is 4.42 Å². The van der Waals surface area contributed by atoms with Crippen LogP contribution in [0.2, 0.25) is 0 Å². The van der Waals surface area contributed by atoms with Crippen LogP contribution >= 0.6 is 0 Å². The van der Waals surface area contributed by atoms with E-state index in [9.17, 15) is 22.8 Å². The number of benzene rings is 1. The van der Waals surface area contributed by atoms with Crippen molar-refractivity contribution in [1.82, 2.24) is 15.1 Å². The van der Waals surface area contributed by atoms with Crippen molar-refractivity contribution in [3.05, 3.63) is 59.5 Å². The molecular weight excluding hydrogens is 375 g/mol. The fourth-order valence-corrected chi connectivity index (χ4v) is 3.02. The summed E-state index contributed by atoms with van der Waals surface area (Å²) in [5.41, 5.74) is -0.0774. The van der Waals surface area contributed by atoms with Crippen molar-refractivity contribution in [2.24, 2.45) is 0 Å². The van der Waals surface area contributed by atoms with Gasteiger partial charge in [-0.2, -0.15) is 13.2 Å². The molecule has 1 N–H and O–H groups in total. The number of carbonyl (C=O) groups is 2. The summed E-state index contributed by atoms with van der Waals surface area (Å²) in [4.78, 5) is 27.6. The van der Waals surface area contributed by atoms with E-state index in [-0.39, 0.29) is 18.2 Å². The van der Waals surface area contributed by atoms with Crippen LogP contribution < -0.4 is 5.32 Å². The molecule has 0 unspecified atom stereocenters. The molecular formula is C19H20F3N3O3. The van der Waals surface area contributed by atoms with Gasteiger partial charge in [-0.3, -0.25) is 14.5 Å². The number of hydrogen-bond donors (Lipinski definition) is 1. The molecule has 0 atom stereocenters. The Labute approximate surface area is 159 Å². The maximum absolute atomic E-state index is 12.8. The van der Waals surface area contributed by atoms with E-state index >= 15 is 0 Å². The third-order valence-electron chi connectivity index (χ3n) is 4.53. The maximum atomic E-state index is 12.8. The summed E-state index contributed by atoms with van der Waals surface area (Å²) >= 11 is 0. The highest BCUT2D eigenvalue weighted by Gasteiger charge is 2.30. The third-order valence-corrected chi connectivity index (χ3v) is 4.53. The second kappa shape index (κ2) is 8.47. The molecule has 1 aromatic carbocycles. The van der Waals surface area contributed by atoms with Gasteiger partial charge in [0.15, 0.2) is 5.76 Å². The second-order valence-electron chi connectivity index (χ2n) is 6.52. The monoisotopic (exact) mass is 395 g/mol. The first-order chi connectivity index (χ1) is 13.3. The molecule has 2 amide bonds. The van der Waals surface area contributed by atoms with Gasteiger partial charge >= 0.3 is 6.18 Å². The van der Waals surface area contributed by atoms with Gasteiger partial charge in [0.25, 0.3) is 5.91 Å². The van der Waals surface area contributed by atoms with Crippen molar-refractivity contribution >= 4 is 11.8 Å². The van der Waals surface area contributed by atoms with Gasteiger partial charge in [0.05, 0.1) is 18.4 Å². The predicted molar refractivity (Wildman–Crippen MR) is 94.3 cm³/mol. The first kappa shape index (κ1) is 19.9. The van der Waals surface area contributed by atoms with E-state index in [1.54, 1.807) is 17.0 Å². The van der Waals surface area contributed by atoms with Crippen molar-refractivity contribution in [1.29, 1.82) is 0 Å². The molecule has 0 saturated carbocycles. The van der Waals surface area contributed by atoms with E-state index in [0.717, 1.165) is 12.1 Å². The molecule has 1 aromatic heterocycles. The van der Waals surface area contributed by atoms with E-state index in [1.807, 2.05) is 4.90 Å². The molecule has 9 heteroatoms. The summed E-state index contributed by atoms with van der Waals surface area (Å²) in [5, 5.41) is 2.51. The Bertz CT molecular complexity index is 813. The number of piperazine rings is 1. The molecule has 1 aliphatic rings. The molecule has 6 nitrogen and oxygen atoms in total. The van der Waals surface area contributed by atoms with Crippen molar-refractivity contribution in [3.8, 4) is 0 Å². The van der Waals surface area contributed by atoms with Gasteiger partial charge in [-0.25, -0.2) is 0 Å². The van der Waals surface area contributed by atoms with Crippen LogP contribution in [-0.4, -0.2) is 54.3 Å². The van der Waals surface area contributed by atoms with Gasteiger partial charge in [0, 0.05) is 32.7 Å². The van der Waals surface area contributed by atoms with Crippen LogP contribution in [0.4, 0.5) is 13.2 Å². The average Bonchev–Trinajstić information content (AvgIpc) is 3.21. The number of nitrogens with zero attached hydrogens (tertiary/aromatic N) is 2. The van der Waals surface area contributed by atoms with Crippen molar-refractivity contribution < 1.29 is 27.2 Å². The van der Waals surface area contributed by atoms with E-state index in [0.29, 0.717) is 38.3 Å². The lowest BCUT2D eigenvalue weighted by Crippen LogP contribution is -2.50. The minimum Gasteiger partial charge on any atom is -0.459 e. The fourth-order valence-electron chi connectivity index (χ4n) is 3.02. The number of amides is 2. The van der Waals surface area contributed by atoms with Gasteiger partial charge < -0.3 is 14.6 Å². The summed E-state index contributed by atoms with van der Waals surface area (Å²) in [5.74, 6) is -0.529. The number of nitrogens with one attached hydrogen (secondary N) is 1. The zero-order chi connectivity index (χ0) is 20.1. The molecule has 0 bridgehead atoms. The van der Waals surface area contributed by atoms with Gasteiger partial charge in [0.1, 0.15) is 0 Å². The largest absolute Gasteiger partial charge is 0.459 e. The number of alkyl halides is 3. The van der Waals surface area contributed by atoms with Gasteiger partial charge in [-0.05, 0) is 23.8 Å². The highest BCUT2D eigenvalue weighted by Crippen LogP contribution is 2.29. The Morgan fingerprint density at radius 2 is 1.82 bits per heavy atom. The predicted octanol–water partition coefficient (Wildman–Crippen LogP) is 2.37. The lowest BCUT2D eigenvalue weighted by Gasteiger charge is -2.34. The van der Waals surface area contributed by atoms with Gasteiger partial charge in [0.2, 0.25) is 5.91 Å². The second-order valence-corrected chi connectivity index (χ2v) is 6.52. The summed E-state index contributed by atoms with van der Waals surface area (Å²) in [7, 11) is 0. The first-order valence-corrected chi connectivity index (χ1v) is 8.81. The Morgan fingerprint density at radius 3 is 2.46 bits per heavy atom. The van der Waals surface area contributed by atoms with E-state index in [2.05, 4.69) is 5.32 Å². The van der Waals surface area contributed by atoms with Crippen molar-refractivity contribution in [2.45, 2.75) is 12.7 Å². The molecule has 150 valence electrons. The minimum atomic E-state index is -4.36. The van der Waals surface area contributed by atoms with Crippen LogP contribution in [0.15, 0.2) is 47.1 Å². The summed E-state index contributed by atoms with van der Waals surface area (Å²) < 4.78 is 43.4. The standard InChI is InChI=1S/C19H20F3N3O3/c20-19(21,22)15-4-1-3-14(11-15)13-24-6-8-25(9-7-24)17(26)12-23-18(27)16-5-2-10-28-16/h1-5,10-11H,6-9,12-13H2,(H,23,27). The lowest BCUT2D eigenvalue weighted by atomic mass is 10.1. The van der Waals surface area contributed by atoms with Crippen LogP contribution in [0.1, 0.15) is 21.7 Å². The summed E-state index contributed by atoms with van der Waals surface area (Å²) in [6.45, 7) is 2.26. The van der Waals surface area contributed by atoms with Crippen molar-refractivity contribution in [3.63, 3.8) is 0 Å². The van der Waals surface area contributed by atoms with Gasteiger partial charge in [-0.15, -0.1) is 0 Å². The van der Waals surface area contributed by atoms with Crippen LogP contribution in [0.5, 0.6) is 0 Å². The van der Waals surface area contributed by atoms with E-state index < -0.39 is 17.6 Å². The molecule has 2 heterocycles. The number of halogens is 3.